The van der Waals surface area contributed by atoms with Crippen LogP contribution in [-0.4, -0.2) is 35.0 Å². The van der Waals surface area contributed by atoms with Gasteiger partial charge in [-0.05, 0) is 26.7 Å². The summed E-state index contributed by atoms with van der Waals surface area (Å²) in [5.41, 5.74) is 0.927. The van der Waals surface area contributed by atoms with Crippen molar-refractivity contribution in [3.05, 3.63) is 11.4 Å². The molecule has 1 aliphatic carbocycles. The standard InChI is InChI=1S/C14H23N5O/c1-5-11-18-12(15-4)8(2)13(19-11)16-9(3)14(20)17-10-6-7-10/h9-10H,5-7H2,1-4H3,(H,17,20)(H2,15,16,18,19). The number of anilines is 2. The van der Waals surface area contributed by atoms with Gasteiger partial charge in [-0.3, -0.25) is 4.79 Å². The number of carbonyl (C=O) groups excluding carboxylic acids is 1. The second-order valence-corrected chi connectivity index (χ2v) is 5.21. The van der Waals surface area contributed by atoms with Crippen LogP contribution in [0.4, 0.5) is 11.6 Å². The van der Waals surface area contributed by atoms with Crippen LogP contribution in [-0.2, 0) is 11.2 Å². The number of rotatable bonds is 6. The topological polar surface area (TPSA) is 78.9 Å². The highest BCUT2D eigenvalue weighted by Crippen LogP contribution is 2.21. The Hall–Kier alpha value is -1.85. The highest BCUT2D eigenvalue weighted by molar-refractivity contribution is 5.84. The molecule has 0 radical (unpaired) electrons. The lowest BCUT2D eigenvalue weighted by molar-refractivity contribution is -0.121. The molecule has 0 aliphatic heterocycles. The molecule has 110 valence electrons. The first-order valence-electron chi connectivity index (χ1n) is 7.17. The molecule has 6 nitrogen and oxygen atoms in total. The number of carbonyl (C=O) groups is 1. The average molecular weight is 277 g/mol. The SMILES string of the molecule is CCc1nc(NC)c(C)c(NC(C)C(=O)NC2CC2)n1. The first-order chi connectivity index (χ1) is 9.55. The number of nitrogens with zero attached hydrogens (tertiary/aromatic N) is 2. The number of hydrogen-bond donors (Lipinski definition) is 3. The summed E-state index contributed by atoms with van der Waals surface area (Å²) in [6.07, 6.45) is 2.94. The van der Waals surface area contributed by atoms with E-state index in [0.29, 0.717) is 6.04 Å². The molecule has 3 N–H and O–H groups in total. The van der Waals surface area contributed by atoms with E-state index < -0.39 is 0 Å². The monoisotopic (exact) mass is 277 g/mol. The van der Waals surface area contributed by atoms with Crippen molar-refractivity contribution >= 4 is 17.5 Å². The summed E-state index contributed by atoms with van der Waals surface area (Å²) < 4.78 is 0. The van der Waals surface area contributed by atoms with Crippen LogP contribution in [0, 0.1) is 6.92 Å². The van der Waals surface area contributed by atoms with Gasteiger partial charge in [0.1, 0.15) is 23.5 Å². The van der Waals surface area contributed by atoms with Gasteiger partial charge in [0.2, 0.25) is 5.91 Å². The third-order valence-corrected chi connectivity index (χ3v) is 3.42. The van der Waals surface area contributed by atoms with Gasteiger partial charge >= 0.3 is 0 Å². The smallest absolute Gasteiger partial charge is 0.242 e. The first kappa shape index (κ1) is 14.6. The molecule has 20 heavy (non-hydrogen) atoms. The van der Waals surface area contributed by atoms with Gasteiger partial charge in [-0.15, -0.1) is 0 Å². The van der Waals surface area contributed by atoms with E-state index in [9.17, 15) is 4.79 Å². The van der Waals surface area contributed by atoms with Crippen LogP contribution in [0.5, 0.6) is 0 Å². The molecular weight excluding hydrogens is 254 g/mol. The summed E-state index contributed by atoms with van der Waals surface area (Å²) in [7, 11) is 1.84. The fraction of sp³-hybridized carbons (Fsp3) is 0.643. The molecule has 0 aromatic carbocycles. The van der Waals surface area contributed by atoms with Crippen LogP contribution < -0.4 is 16.0 Å². The molecular formula is C14H23N5O. The van der Waals surface area contributed by atoms with E-state index in [1.807, 2.05) is 27.8 Å². The Morgan fingerprint density at radius 3 is 2.55 bits per heavy atom. The van der Waals surface area contributed by atoms with E-state index in [-0.39, 0.29) is 11.9 Å². The van der Waals surface area contributed by atoms with Crippen molar-refractivity contribution in [1.29, 1.82) is 0 Å². The van der Waals surface area contributed by atoms with Crippen molar-refractivity contribution in [2.24, 2.45) is 0 Å². The minimum Gasteiger partial charge on any atom is -0.373 e. The Bertz CT molecular complexity index is 499. The van der Waals surface area contributed by atoms with Gasteiger partial charge in [-0.25, -0.2) is 9.97 Å². The molecule has 2 rings (SSSR count). The van der Waals surface area contributed by atoms with Gasteiger partial charge in [0.05, 0.1) is 0 Å². The van der Waals surface area contributed by atoms with Gasteiger partial charge in [-0.1, -0.05) is 6.92 Å². The zero-order valence-electron chi connectivity index (χ0n) is 12.6. The minimum absolute atomic E-state index is 0.0227. The third-order valence-electron chi connectivity index (χ3n) is 3.42. The summed E-state index contributed by atoms with van der Waals surface area (Å²) >= 11 is 0. The lowest BCUT2D eigenvalue weighted by Crippen LogP contribution is -2.39. The largest absolute Gasteiger partial charge is 0.373 e. The van der Waals surface area contributed by atoms with E-state index in [4.69, 9.17) is 0 Å². The molecule has 1 heterocycles. The van der Waals surface area contributed by atoms with Crippen molar-refractivity contribution in [3.63, 3.8) is 0 Å². The van der Waals surface area contributed by atoms with Crippen molar-refractivity contribution in [3.8, 4) is 0 Å². The molecule has 1 aromatic rings. The van der Waals surface area contributed by atoms with Crippen molar-refractivity contribution in [1.82, 2.24) is 15.3 Å². The quantitative estimate of drug-likeness (QED) is 0.734. The predicted octanol–water partition coefficient (Wildman–Crippen LogP) is 1.47. The van der Waals surface area contributed by atoms with Crippen molar-refractivity contribution in [2.45, 2.75) is 52.1 Å². The molecule has 1 unspecified atom stereocenters. The number of aryl methyl sites for hydroxylation is 1. The molecule has 1 saturated carbocycles. The maximum atomic E-state index is 12.0. The summed E-state index contributed by atoms with van der Waals surface area (Å²) in [6.45, 7) is 5.81. The summed E-state index contributed by atoms with van der Waals surface area (Å²) in [5.74, 6) is 2.31. The summed E-state index contributed by atoms with van der Waals surface area (Å²) in [5, 5.41) is 9.24. The third kappa shape index (κ3) is 3.37. The fourth-order valence-corrected chi connectivity index (χ4v) is 1.93. The first-order valence-corrected chi connectivity index (χ1v) is 7.17. The van der Waals surface area contributed by atoms with E-state index in [0.717, 1.165) is 42.3 Å². The predicted molar refractivity (Wildman–Crippen MR) is 79.9 cm³/mol. The maximum Gasteiger partial charge on any atom is 0.242 e. The normalized spacial score (nSPS) is 15.6. The van der Waals surface area contributed by atoms with Crippen LogP contribution in [0.15, 0.2) is 0 Å². The molecule has 0 bridgehead atoms. The molecule has 1 atom stereocenters. The lowest BCUT2D eigenvalue weighted by Gasteiger charge is -2.18. The van der Waals surface area contributed by atoms with Crippen molar-refractivity contribution in [2.75, 3.05) is 17.7 Å². The van der Waals surface area contributed by atoms with Gasteiger partial charge in [0.15, 0.2) is 0 Å². The Morgan fingerprint density at radius 1 is 1.35 bits per heavy atom. The van der Waals surface area contributed by atoms with E-state index in [1.54, 1.807) is 0 Å². The lowest BCUT2D eigenvalue weighted by atomic mass is 10.2. The number of nitrogens with one attached hydrogen (secondary N) is 3. The van der Waals surface area contributed by atoms with Crippen molar-refractivity contribution < 1.29 is 4.79 Å². The fourth-order valence-electron chi connectivity index (χ4n) is 1.93. The van der Waals surface area contributed by atoms with Gasteiger partial charge in [0, 0.05) is 25.1 Å². The average Bonchev–Trinajstić information content (AvgIpc) is 3.24. The Balaban J connectivity index is 2.12. The molecule has 6 heteroatoms. The second-order valence-electron chi connectivity index (χ2n) is 5.21. The molecule has 0 saturated heterocycles. The van der Waals surface area contributed by atoms with Crippen LogP contribution >= 0.6 is 0 Å². The molecule has 1 fully saturated rings. The van der Waals surface area contributed by atoms with Gasteiger partial charge in [0.25, 0.3) is 0 Å². The minimum atomic E-state index is -0.307. The molecule has 0 spiro atoms. The molecule has 1 aromatic heterocycles. The second kappa shape index (κ2) is 6.07. The van der Waals surface area contributed by atoms with E-state index in [1.165, 1.54) is 0 Å². The number of aromatic nitrogens is 2. The van der Waals surface area contributed by atoms with Gasteiger partial charge in [-0.2, -0.15) is 0 Å². The Kier molecular flexibility index (Phi) is 4.42. The summed E-state index contributed by atoms with van der Waals surface area (Å²) in [4.78, 5) is 20.9. The summed E-state index contributed by atoms with van der Waals surface area (Å²) in [6, 6.07) is 0.0657. The van der Waals surface area contributed by atoms with Crippen LogP contribution in [0.2, 0.25) is 0 Å². The zero-order chi connectivity index (χ0) is 14.7. The van der Waals surface area contributed by atoms with Crippen LogP contribution in [0.3, 0.4) is 0 Å². The van der Waals surface area contributed by atoms with E-state index in [2.05, 4.69) is 25.9 Å². The zero-order valence-corrected chi connectivity index (χ0v) is 12.6. The highest BCUT2D eigenvalue weighted by atomic mass is 16.2. The maximum absolute atomic E-state index is 12.0. The number of amides is 1. The van der Waals surface area contributed by atoms with Gasteiger partial charge < -0.3 is 16.0 Å². The van der Waals surface area contributed by atoms with Crippen LogP contribution in [0.25, 0.3) is 0 Å². The Labute approximate surface area is 119 Å². The number of hydrogen-bond acceptors (Lipinski definition) is 5. The Morgan fingerprint density at radius 2 is 2.00 bits per heavy atom. The highest BCUT2D eigenvalue weighted by Gasteiger charge is 2.26. The van der Waals surface area contributed by atoms with E-state index >= 15 is 0 Å². The molecule has 1 aliphatic rings. The van der Waals surface area contributed by atoms with Crippen LogP contribution in [0.1, 0.15) is 38.1 Å². The molecule has 1 amide bonds.